The quantitative estimate of drug-likeness (QED) is 0.893. The summed E-state index contributed by atoms with van der Waals surface area (Å²) >= 11 is 0. The number of aryl methyl sites for hydroxylation is 2. The molecule has 0 heterocycles. The fourth-order valence-corrected chi connectivity index (χ4v) is 2.64. The molecular weight excluding hydrogens is 228 g/mol. The van der Waals surface area contributed by atoms with E-state index in [1.807, 2.05) is 19.9 Å². The number of carbonyl (C=O) groups is 1. The van der Waals surface area contributed by atoms with Gasteiger partial charge in [0.05, 0.1) is 5.92 Å². The fourth-order valence-electron chi connectivity index (χ4n) is 2.64. The molecule has 98 valence electrons. The number of benzene rings is 1. The van der Waals surface area contributed by atoms with Crippen LogP contribution in [-0.2, 0) is 4.79 Å². The summed E-state index contributed by atoms with van der Waals surface area (Å²) in [6, 6.07) is 4.12. The van der Waals surface area contributed by atoms with Gasteiger partial charge >= 0.3 is 5.97 Å². The smallest absolute Gasteiger partial charge is 0.310 e. The molecule has 3 heteroatoms. The zero-order valence-corrected chi connectivity index (χ0v) is 11.2. The third kappa shape index (κ3) is 2.50. The molecule has 0 saturated heterocycles. The second-order valence-corrected chi connectivity index (χ2v) is 5.24. The summed E-state index contributed by atoms with van der Waals surface area (Å²) in [6.07, 6.45) is 2.32. The summed E-state index contributed by atoms with van der Waals surface area (Å²) in [6.45, 7) is 6.11. The Hall–Kier alpha value is -1.51. The average molecular weight is 248 g/mol. The van der Waals surface area contributed by atoms with Crippen LogP contribution in [0.2, 0.25) is 0 Å². The number of hydrogen-bond donors (Lipinski definition) is 1. The van der Waals surface area contributed by atoms with Crippen LogP contribution in [0.3, 0.4) is 0 Å². The molecule has 1 aliphatic carbocycles. The molecular formula is C15H20O3. The molecule has 2 rings (SSSR count). The van der Waals surface area contributed by atoms with Gasteiger partial charge in [-0.1, -0.05) is 6.07 Å². The molecule has 0 spiro atoms. The van der Waals surface area contributed by atoms with E-state index in [1.165, 1.54) is 5.56 Å². The molecule has 18 heavy (non-hydrogen) atoms. The summed E-state index contributed by atoms with van der Waals surface area (Å²) in [4.78, 5) is 11.1. The van der Waals surface area contributed by atoms with Crippen molar-refractivity contribution in [3.8, 4) is 5.75 Å². The molecule has 1 fully saturated rings. The molecule has 0 aromatic heterocycles. The van der Waals surface area contributed by atoms with Gasteiger partial charge in [-0.05, 0) is 62.8 Å². The predicted octanol–water partition coefficient (Wildman–Crippen LogP) is 3.24. The monoisotopic (exact) mass is 248 g/mol. The lowest BCUT2D eigenvalue weighted by atomic mass is 10.0. The first-order valence-corrected chi connectivity index (χ1v) is 6.46. The van der Waals surface area contributed by atoms with Crippen LogP contribution in [0.25, 0.3) is 0 Å². The van der Waals surface area contributed by atoms with E-state index < -0.39 is 5.97 Å². The van der Waals surface area contributed by atoms with Gasteiger partial charge in [0.25, 0.3) is 0 Å². The molecule has 3 nitrogen and oxygen atoms in total. The zero-order valence-electron chi connectivity index (χ0n) is 11.2. The summed E-state index contributed by atoms with van der Waals surface area (Å²) in [7, 11) is 0. The minimum atomic E-state index is -0.737. The van der Waals surface area contributed by atoms with Crippen LogP contribution >= 0.6 is 0 Å². The third-order valence-electron chi connectivity index (χ3n) is 3.81. The molecule has 0 aliphatic heterocycles. The van der Waals surface area contributed by atoms with Crippen molar-refractivity contribution < 1.29 is 14.6 Å². The van der Waals surface area contributed by atoms with E-state index in [2.05, 4.69) is 13.0 Å². The van der Waals surface area contributed by atoms with Gasteiger partial charge in [0, 0.05) is 0 Å². The highest BCUT2D eigenvalue weighted by atomic mass is 16.5. The van der Waals surface area contributed by atoms with E-state index in [0.717, 1.165) is 36.1 Å². The highest BCUT2D eigenvalue weighted by Crippen LogP contribution is 2.32. The maximum Gasteiger partial charge on any atom is 0.310 e. The Kier molecular flexibility index (Phi) is 3.60. The van der Waals surface area contributed by atoms with Crippen LogP contribution < -0.4 is 4.74 Å². The SMILES string of the molecule is Cc1cc(C)c(C)c(OC2CCCC2C(=O)O)c1. The maximum atomic E-state index is 11.1. The minimum absolute atomic E-state index is 0.178. The van der Waals surface area contributed by atoms with Crippen molar-refractivity contribution in [2.45, 2.75) is 46.1 Å². The summed E-state index contributed by atoms with van der Waals surface area (Å²) < 4.78 is 5.96. The lowest BCUT2D eigenvalue weighted by molar-refractivity contribution is -0.144. The van der Waals surface area contributed by atoms with Crippen LogP contribution in [0.15, 0.2) is 12.1 Å². The summed E-state index contributed by atoms with van der Waals surface area (Å²) in [5.41, 5.74) is 3.45. The molecule has 1 N–H and O–H groups in total. The first-order chi connectivity index (χ1) is 8.49. The molecule has 2 atom stereocenters. The van der Waals surface area contributed by atoms with Crippen LogP contribution in [0.5, 0.6) is 5.75 Å². The third-order valence-corrected chi connectivity index (χ3v) is 3.81. The van der Waals surface area contributed by atoms with E-state index in [0.29, 0.717) is 0 Å². The fraction of sp³-hybridized carbons (Fsp3) is 0.533. The first-order valence-electron chi connectivity index (χ1n) is 6.46. The normalized spacial score (nSPS) is 23.1. The maximum absolute atomic E-state index is 11.1. The molecule has 2 unspecified atom stereocenters. The molecule has 0 bridgehead atoms. The second kappa shape index (κ2) is 5.01. The molecule has 0 amide bonds. The molecule has 1 aromatic rings. The van der Waals surface area contributed by atoms with E-state index in [1.54, 1.807) is 0 Å². The predicted molar refractivity (Wildman–Crippen MR) is 70.0 cm³/mol. The van der Waals surface area contributed by atoms with Crippen molar-refractivity contribution in [2.75, 3.05) is 0 Å². The minimum Gasteiger partial charge on any atom is -0.489 e. The van der Waals surface area contributed by atoms with Crippen LogP contribution in [0, 0.1) is 26.7 Å². The number of aliphatic carboxylic acids is 1. The van der Waals surface area contributed by atoms with Crippen molar-refractivity contribution >= 4 is 5.97 Å². The van der Waals surface area contributed by atoms with E-state index in [4.69, 9.17) is 9.84 Å². The Labute approximate surface area is 108 Å². The molecule has 0 radical (unpaired) electrons. The Bertz CT molecular complexity index is 465. The topological polar surface area (TPSA) is 46.5 Å². The van der Waals surface area contributed by atoms with Crippen molar-refractivity contribution in [1.82, 2.24) is 0 Å². The molecule has 1 saturated carbocycles. The van der Waals surface area contributed by atoms with Crippen LogP contribution in [-0.4, -0.2) is 17.2 Å². The Morgan fingerprint density at radius 1 is 1.28 bits per heavy atom. The Morgan fingerprint density at radius 2 is 2.00 bits per heavy atom. The average Bonchev–Trinajstić information content (AvgIpc) is 2.73. The highest BCUT2D eigenvalue weighted by Gasteiger charge is 2.34. The van der Waals surface area contributed by atoms with Crippen LogP contribution in [0.4, 0.5) is 0 Å². The van der Waals surface area contributed by atoms with Gasteiger partial charge in [-0.3, -0.25) is 4.79 Å². The van der Waals surface area contributed by atoms with Gasteiger partial charge in [0.2, 0.25) is 0 Å². The number of rotatable bonds is 3. The Balaban J connectivity index is 2.21. The van der Waals surface area contributed by atoms with Crippen molar-refractivity contribution in [2.24, 2.45) is 5.92 Å². The number of hydrogen-bond acceptors (Lipinski definition) is 2. The molecule has 1 aromatic carbocycles. The van der Waals surface area contributed by atoms with Crippen molar-refractivity contribution in [3.63, 3.8) is 0 Å². The second-order valence-electron chi connectivity index (χ2n) is 5.24. The Morgan fingerprint density at radius 3 is 2.67 bits per heavy atom. The van der Waals surface area contributed by atoms with Gasteiger partial charge in [-0.2, -0.15) is 0 Å². The van der Waals surface area contributed by atoms with Gasteiger partial charge in [0.1, 0.15) is 11.9 Å². The zero-order chi connectivity index (χ0) is 13.3. The van der Waals surface area contributed by atoms with Gasteiger partial charge < -0.3 is 9.84 Å². The largest absolute Gasteiger partial charge is 0.489 e. The van der Waals surface area contributed by atoms with Gasteiger partial charge in [-0.25, -0.2) is 0 Å². The van der Waals surface area contributed by atoms with Gasteiger partial charge in [0.15, 0.2) is 0 Å². The van der Waals surface area contributed by atoms with Gasteiger partial charge in [-0.15, -0.1) is 0 Å². The first kappa shape index (κ1) is 12.9. The van der Waals surface area contributed by atoms with Crippen molar-refractivity contribution in [3.05, 3.63) is 28.8 Å². The number of carboxylic acid groups (broad SMARTS) is 1. The standard InChI is InChI=1S/C15H20O3/c1-9-7-10(2)11(3)14(8-9)18-13-6-4-5-12(13)15(16)17/h7-8,12-13H,4-6H2,1-3H3,(H,16,17). The summed E-state index contributed by atoms with van der Waals surface area (Å²) in [5.74, 6) is -0.254. The van der Waals surface area contributed by atoms with E-state index >= 15 is 0 Å². The molecule has 1 aliphatic rings. The number of ether oxygens (including phenoxy) is 1. The number of carboxylic acids is 1. The lowest BCUT2D eigenvalue weighted by Crippen LogP contribution is -2.28. The summed E-state index contributed by atoms with van der Waals surface area (Å²) in [5, 5.41) is 9.16. The van der Waals surface area contributed by atoms with Crippen molar-refractivity contribution in [1.29, 1.82) is 0 Å². The lowest BCUT2D eigenvalue weighted by Gasteiger charge is -2.20. The van der Waals surface area contributed by atoms with E-state index in [-0.39, 0.29) is 12.0 Å². The highest BCUT2D eigenvalue weighted by molar-refractivity contribution is 5.71. The van der Waals surface area contributed by atoms with E-state index in [9.17, 15) is 4.79 Å². The van der Waals surface area contributed by atoms with Crippen LogP contribution in [0.1, 0.15) is 36.0 Å².